The number of hydrogen-bond donors (Lipinski definition) is 2. The molecule has 26 heavy (non-hydrogen) atoms. The van der Waals surface area contributed by atoms with Crippen molar-refractivity contribution in [3.8, 4) is 0 Å². The minimum absolute atomic E-state index is 0.172. The van der Waals surface area contributed by atoms with Gasteiger partial charge in [0, 0.05) is 12.2 Å². The molecule has 0 saturated heterocycles. The van der Waals surface area contributed by atoms with Gasteiger partial charge in [0.15, 0.2) is 0 Å². The van der Waals surface area contributed by atoms with Crippen LogP contribution in [0.15, 0.2) is 35.9 Å². The quantitative estimate of drug-likeness (QED) is 0.759. The maximum atomic E-state index is 12.2. The molecular formula is C19H22N4O2S. The molecular weight excluding hydrogens is 348 g/mol. The fourth-order valence-electron chi connectivity index (χ4n) is 2.77. The first-order valence-corrected chi connectivity index (χ1v) is 9.61. The van der Waals surface area contributed by atoms with E-state index in [-0.39, 0.29) is 21.8 Å². The summed E-state index contributed by atoms with van der Waals surface area (Å²) in [4.78, 5) is 24.4. The molecule has 0 atom stereocenters. The summed E-state index contributed by atoms with van der Waals surface area (Å²) in [7, 11) is 0. The lowest BCUT2D eigenvalue weighted by Gasteiger charge is -2.12. The van der Waals surface area contributed by atoms with Crippen molar-refractivity contribution < 1.29 is 9.59 Å². The smallest absolute Gasteiger partial charge is 0.286 e. The number of aryl methyl sites for hydroxylation is 1. The maximum absolute atomic E-state index is 12.2. The standard InChI is InChI=1S/C19H22N4O2S/c1-13-7-9-15(10-8-13)21-17(25)19-23-22-18(26-19)16(24)20-12-11-14-5-3-2-4-6-14/h5,7-10H,2-4,6,11-12H2,1H3,(H,20,24)(H,21,25). The normalized spacial score (nSPS) is 13.8. The van der Waals surface area contributed by atoms with E-state index in [1.54, 1.807) is 0 Å². The molecule has 3 rings (SSSR count). The minimum Gasteiger partial charge on any atom is -0.350 e. The van der Waals surface area contributed by atoms with E-state index in [1.807, 2.05) is 31.2 Å². The van der Waals surface area contributed by atoms with Gasteiger partial charge in [-0.3, -0.25) is 9.59 Å². The molecule has 2 N–H and O–H groups in total. The molecule has 7 heteroatoms. The van der Waals surface area contributed by atoms with Crippen LogP contribution in [0.2, 0.25) is 0 Å². The number of aromatic nitrogens is 2. The second-order valence-corrected chi connectivity index (χ2v) is 7.32. The summed E-state index contributed by atoms with van der Waals surface area (Å²) in [5.74, 6) is -0.647. The van der Waals surface area contributed by atoms with Crippen molar-refractivity contribution in [3.05, 3.63) is 51.5 Å². The van der Waals surface area contributed by atoms with Crippen molar-refractivity contribution in [2.24, 2.45) is 0 Å². The Morgan fingerprint density at radius 3 is 2.50 bits per heavy atom. The molecule has 0 saturated carbocycles. The van der Waals surface area contributed by atoms with Crippen molar-refractivity contribution in [1.29, 1.82) is 0 Å². The Kier molecular flexibility index (Phi) is 6.12. The highest BCUT2D eigenvalue weighted by Crippen LogP contribution is 2.19. The third kappa shape index (κ3) is 4.98. The van der Waals surface area contributed by atoms with Gasteiger partial charge in [0.2, 0.25) is 10.0 Å². The van der Waals surface area contributed by atoms with Crippen molar-refractivity contribution in [2.75, 3.05) is 11.9 Å². The number of rotatable bonds is 6. The van der Waals surface area contributed by atoms with Crippen molar-refractivity contribution in [2.45, 2.75) is 39.0 Å². The van der Waals surface area contributed by atoms with Crippen LogP contribution in [-0.2, 0) is 0 Å². The molecule has 0 fully saturated rings. The lowest BCUT2D eigenvalue weighted by atomic mass is 9.97. The Morgan fingerprint density at radius 2 is 1.81 bits per heavy atom. The van der Waals surface area contributed by atoms with Gasteiger partial charge in [0.05, 0.1) is 0 Å². The Morgan fingerprint density at radius 1 is 1.08 bits per heavy atom. The fourth-order valence-corrected chi connectivity index (χ4v) is 3.43. The number of carbonyl (C=O) groups is 2. The Labute approximate surface area is 156 Å². The van der Waals surface area contributed by atoms with Crippen molar-refractivity contribution in [3.63, 3.8) is 0 Å². The molecule has 1 aromatic heterocycles. The van der Waals surface area contributed by atoms with Gasteiger partial charge in [-0.25, -0.2) is 0 Å². The van der Waals surface area contributed by atoms with Gasteiger partial charge in [-0.15, -0.1) is 10.2 Å². The molecule has 2 amide bonds. The zero-order valence-corrected chi connectivity index (χ0v) is 15.6. The minimum atomic E-state index is -0.363. The van der Waals surface area contributed by atoms with Crippen LogP contribution in [0.3, 0.4) is 0 Å². The van der Waals surface area contributed by atoms with Gasteiger partial charge < -0.3 is 10.6 Å². The predicted octanol–water partition coefficient (Wildman–Crippen LogP) is 3.72. The average Bonchev–Trinajstić information content (AvgIpc) is 3.15. The molecule has 1 aliphatic rings. The van der Waals surface area contributed by atoms with Gasteiger partial charge in [-0.2, -0.15) is 0 Å². The summed E-state index contributed by atoms with van der Waals surface area (Å²) in [6.45, 7) is 2.56. The Hall–Kier alpha value is -2.54. The van der Waals surface area contributed by atoms with E-state index in [4.69, 9.17) is 0 Å². The van der Waals surface area contributed by atoms with Gasteiger partial charge in [-0.05, 0) is 51.2 Å². The first-order valence-electron chi connectivity index (χ1n) is 8.79. The van der Waals surface area contributed by atoms with Crippen LogP contribution in [0.1, 0.15) is 57.3 Å². The first-order chi connectivity index (χ1) is 12.6. The summed E-state index contributed by atoms with van der Waals surface area (Å²) in [6, 6.07) is 7.47. The maximum Gasteiger partial charge on any atom is 0.286 e. The monoisotopic (exact) mass is 370 g/mol. The lowest BCUT2D eigenvalue weighted by Crippen LogP contribution is -2.24. The third-order valence-corrected chi connectivity index (χ3v) is 5.16. The second-order valence-electron chi connectivity index (χ2n) is 6.35. The molecule has 1 aromatic carbocycles. The van der Waals surface area contributed by atoms with E-state index in [0.29, 0.717) is 12.2 Å². The molecule has 1 heterocycles. The van der Waals surface area contributed by atoms with E-state index >= 15 is 0 Å². The highest BCUT2D eigenvalue weighted by molar-refractivity contribution is 7.15. The van der Waals surface area contributed by atoms with E-state index in [0.717, 1.165) is 36.2 Å². The summed E-state index contributed by atoms with van der Waals surface area (Å²) in [5, 5.41) is 13.7. The zero-order valence-electron chi connectivity index (χ0n) is 14.7. The third-order valence-electron chi connectivity index (χ3n) is 4.24. The zero-order chi connectivity index (χ0) is 18.4. The molecule has 2 aromatic rings. The molecule has 136 valence electrons. The largest absolute Gasteiger partial charge is 0.350 e. The summed E-state index contributed by atoms with van der Waals surface area (Å²) < 4.78 is 0. The number of nitrogens with one attached hydrogen (secondary N) is 2. The van der Waals surface area contributed by atoms with Gasteiger partial charge >= 0.3 is 0 Å². The van der Waals surface area contributed by atoms with Crippen LogP contribution >= 0.6 is 11.3 Å². The van der Waals surface area contributed by atoms with Gasteiger partial charge in [0.25, 0.3) is 11.8 Å². The number of carbonyl (C=O) groups excluding carboxylic acids is 2. The van der Waals surface area contributed by atoms with E-state index in [9.17, 15) is 9.59 Å². The van der Waals surface area contributed by atoms with E-state index < -0.39 is 0 Å². The SMILES string of the molecule is Cc1ccc(NC(=O)c2nnc(C(=O)NCCC3=CCCCC3)s2)cc1. The average molecular weight is 370 g/mol. The summed E-state index contributed by atoms with van der Waals surface area (Å²) >= 11 is 0.997. The predicted molar refractivity (Wildman–Crippen MR) is 103 cm³/mol. The number of benzene rings is 1. The molecule has 0 radical (unpaired) electrons. The van der Waals surface area contributed by atoms with Crippen LogP contribution in [0.5, 0.6) is 0 Å². The topological polar surface area (TPSA) is 84.0 Å². The van der Waals surface area contributed by atoms with Crippen molar-refractivity contribution >= 4 is 28.8 Å². The van der Waals surface area contributed by atoms with Crippen LogP contribution in [-0.4, -0.2) is 28.6 Å². The highest BCUT2D eigenvalue weighted by atomic mass is 32.1. The first kappa shape index (κ1) is 18.3. The molecule has 6 nitrogen and oxygen atoms in total. The van der Waals surface area contributed by atoms with E-state index in [2.05, 4.69) is 26.9 Å². The second kappa shape index (κ2) is 8.71. The van der Waals surface area contributed by atoms with Crippen LogP contribution in [0, 0.1) is 6.92 Å². The van der Waals surface area contributed by atoms with Crippen LogP contribution in [0.4, 0.5) is 5.69 Å². The van der Waals surface area contributed by atoms with E-state index in [1.165, 1.54) is 18.4 Å². The number of amides is 2. The molecule has 0 spiro atoms. The fraction of sp³-hybridized carbons (Fsp3) is 0.368. The number of anilines is 1. The van der Waals surface area contributed by atoms with Crippen LogP contribution in [0.25, 0.3) is 0 Å². The molecule has 0 aliphatic heterocycles. The molecule has 1 aliphatic carbocycles. The number of hydrogen-bond acceptors (Lipinski definition) is 5. The summed E-state index contributed by atoms with van der Waals surface area (Å²) in [6.07, 6.45) is 7.89. The number of allylic oxidation sites excluding steroid dienone is 1. The Balaban J connectivity index is 1.51. The number of nitrogens with zero attached hydrogens (tertiary/aromatic N) is 2. The van der Waals surface area contributed by atoms with Gasteiger partial charge in [0.1, 0.15) is 0 Å². The molecule has 0 unspecified atom stereocenters. The summed E-state index contributed by atoms with van der Waals surface area (Å²) in [5.41, 5.74) is 3.20. The van der Waals surface area contributed by atoms with Gasteiger partial charge in [-0.1, -0.05) is 40.7 Å². The van der Waals surface area contributed by atoms with Crippen LogP contribution < -0.4 is 10.6 Å². The Bertz CT molecular complexity index is 811. The van der Waals surface area contributed by atoms with Crippen molar-refractivity contribution in [1.82, 2.24) is 15.5 Å². The highest BCUT2D eigenvalue weighted by Gasteiger charge is 2.17. The lowest BCUT2D eigenvalue weighted by molar-refractivity contribution is 0.0951. The molecule has 0 bridgehead atoms.